The zero-order valence-electron chi connectivity index (χ0n) is 10.2. The van der Waals surface area contributed by atoms with Crippen molar-refractivity contribution in [3.63, 3.8) is 0 Å². The van der Waals surface area contributed by atoms with Crippen LogP contribution in [0, 0.1) is 0 Å². The standard InChI is InChI=1S/C13H13ClN2O2S/c14-8-1-2-10-9(7-8)11(15)12(19-10)13(17)16-3-5-18-6-4-16/h1-2,7H,3-6,15H2. The molecule has 100 valence electrons. The van der Waals surface area contributed by atoms with Gasteiger partial charge in [0.1, 0.15) is 4.88 Å². The molecule has 2 N–H and O–H groups in total. The van der Waals surface area contributed by atoms with Gasteiger partial charge in [0.15, 0.2) is 0 Å². The van der Waals surface area contributed by atoms with Gasteiger partial charge in [-0.15, -0.1) is 11.3 Å². The molecular weight excluding hydrogens is 284 g/mol. The lowest BCUT2D eigenvalue weighted by atomic mass is 10.2. The summed E-state index contributed by atoms with van der Waals surface area (Å²) in [5.41, 5.74) is 6.62. The van der Waals surface area contributed by atoms with Crippen LogP contribution in [0.5, 0.6) is 0 Å². The number of benzene rings is 1. The van der Waals surface area contributed by atoms with Crippen LogP contribution in [0.15, 0.2) is 18.2 Å². The smallest absolute Gasteiger partial charge is 0.266 e. The summed E-state index contributed by atoms with van der Waals surface area (Å²) < 4.78 is 6.24. The van der Waals surface area contributed by atoms with Crippen molar-refractivity contribution >= 4 is 44.6 Å². The first-order chi connectivity index (χ1) is 9.16. The zero-order valence-corrected chi connectivity index (χ0v) is 11.8. The Morgan fingerprint density at radius 1 is 1.37 bits per heavy atom. The van der Waals surface area contributed by atoms with E-state index in [9.17, 15) is 4.79 Å². The second-order valence-corrected chi connectivity index (χ2v) is 5.88. The first kappa shape index (κ1) is 12.7. The van der Waals surface area contributed by atoms with Crippen LogP contribution in [0.25, 0.3) is 10.1 Å². The summed E-state index contributed by atoms with van der Waals surface area (Å²) in [6.45, 7) is 2.41. The Bertz CT molecular complexity index is 635. The van der Waals surface area contributed by atoms with Crippen LogP contribution in [-0.2, 0) is 4.74 Å². The maximum absolute atomic E-state index is 12.4. The third kappa shape index (κ3) is 2.29. The lowest BCUT2D eigenvalue weighted by molar-refractivity contribution is 0.0307. The fourth-order valence-corrected chi connectivity index (χ4v) is 3.40. The molecule has 0 atom stereocenters. The van der Waals surface area contributed by atoms with Gasteiger partial charge in [-0.2, -0.15) is 0 Å². The van der Waals surface area contributed by atoms with Crippen molar-refractivity contribution in [1.29, 1.82) is 0 Å². The molecule has 1 aromatic carbocycles. The minimum atomic E-state index is -0.0156. The Morgan fingerprint density at radius 3 is 2.84 bits per heavy atom. The van der Waals surface area contributed by atoms with E-state index in [0.717, 1.165) is 10.1 Å². The highest BCUT2D eigenvalue weighted by Gasteiger charge is 2.23. The van der Waals surface area contributed by atoms with Gasteiger partial charge in [0.25, 0.3) is 5.91 Å². The molecule has 1 amide bonds. The summed E-state index contributed by atoms with van der Waals surface area (Å²) in [6.07, 6.45) is 0. The molecule has 0 aliphatic carbocycles. The average molecular weight is 297 g/mol. The third-order valence-corrected chi connectivity index (χ3v) is 4.59. The minimum Gasteiger partial charge on any atom is -0.397 e. The van der Waals surface area contributed by atoms with E-state index in [1.165, 1.54) is 11.3 Å². The summed E-state index contributed by atoms with van der Waals surface area (Å²) in [5.74, 6) is -0.0156. The number of halogens is 1. The Balaban J connectivity index is 2.00. The summed E-state index contributed by atoms with van der Waals surface area (Å²) >= 11 is 7.38. The van der Waals surface area contributed by atoms with Gasteiger partial charge in [-0.05, 0) is 18.2 Å². The van der Waals surface area contributed by atoms with E-state index in [1.54, 1.807) is 11.0 Å². The highest BCUT2D eigenvalue weighted by Crippen LogP contribution is 2.36. The number of fused-ring (bicyclic) bond motifs is 1. The van der Waals surface area contributed by atoms with Crippen LogP contribution >= 0.6 is 22.9 Å². The molecule has 0 bridgehead atoms. The van der Waals surface area contributed by atoms with E-state index >= 15 is 0 Å². The quantitative estimate of drug-likeness (QED) is 0.880. The minimum absolute atomic E-state index is 0.0156. The number of nitrogens with two attached hydrogens (primary N) is 1. The number of hydrogen-bond acceptors (Lipinski definition) is 4. The number of morpholine rings is 1. The molecule has 0 radical (unpaired) electrons. The molecule has 0 spiro atoms. The predicted molar refractivity (Wildman–Crippen MR) is 78.0 cm³/mol. The van der Waals surface area contributed by atoms with Gasteiger partial charge in [-0.3, -0.25) is 4.79 Å². The van der Waals surface area contributed by atoms with E-state index < -0.39 is 0 Å². The molecule has 1 aliphatic heterocycles. The van der Waals surface area contributed by atoms with E-state index in [-0.39, 0.29) is 5.91 Å². The number of carbonyl (C=O) groups is 1. The summed E-state index contributed by atoms with van der Waals surface area (Å²) in [5, 5.41) is 1.48. The van der Waals surface area contributed by atoms with Gasteiger partial charge >= 0.3 is 0 Å². The van der Waals surface area contributed by atoms with Crippen molar-refractivity contribution in [1.82, 2.24) is 4.90 Å². The van der Waals surface area contributed by atoms with Crippen molar-refractivity contribution in [2.45, 2.75) is 0 Å². The molecule has 1 aliphatic rings. The number of hydrogen-bond donors (Lipinski definition) is 1. The Kier molecular flexibility index (Phi) is 3.35. The van der Waals surface area contributed by atoms with Crippen LogP contribution in [0.3, 0.4) is 0 Å². The molecule has 0 unspecified atom stereocenters. The number of ether oxygens (including phenoxy) is 1. The van der Waals surface area contributed by atoms with E-state index in [1.807, 2.05) is 12.1 Å². The Hall–Kier alpha value is -1.30. The second-order valence-electron chi connectivity index (χ2n) is 4.39. The zero-order chi connectivity index (χ0) is 13.4. The fraction of sp³-hybridized carbons (Fsp3) is 0.308. The lowest BCUT2D eigenvalue weighted by Gasteiger charge is -2.26. The molecule has 1 fully saturated rings. The summed E-state index contributed by atoms with van der Waals surface area (Å²) in [7, 11) is 0. The van der Waals surface area contributed by atoms with E-state index in [2.05, 4.69) is 0 Å². The van der Waals surface area contributed by atoms with Gasteiger partial charge in [0.05, 0.1) is 18.9 Å². The SMILES string of the molecule is Nc1c(C(=O)N2CCOCC2)sc2ccc(Cl)cc12. The number of nitrogens with zero attached hydrogens (tertiary/aromatic N) is 1. The van der Waals surface area contributed by atoms with Gasteiger partial charge in [0.2, 0.25) is 0 Å². The number of amides is 1. The fourth-order valence-electron chi connectivity index (χ4n) is 2.16. The second kappa shape index (κ2) is 5.00. The first-order valence-electron chi connectivity index (χ1n) is 6.01. The number of thiophene rings is 1. The molecule has 2 aromatic rings. The predicted octanol–water partition coefficient (Wildman–Crippen LogP) is 2.61. The topological polar surface area (TPSA) is 55.6 Å². The van der Waals surface area contributed by atoms with Gasteiger partial charge in [0, 0.05) is 28.2 Å². The third-order valence-electron chi connectivity index (χ3n) is 3.18. The number of nitrogen functional groups attached to an aromatic ring is 1. The van der Waals surface area contributed by atoms with Crippen molar-refractivity contribution in [3.8, 4) is 0 Å². The van der Waals surface area contributed by atoms with Gasteiger partial charge < -0.3 is 15.4 Å². The summed E-state index contributed by atoms with van der Waals surface area (Å²) in [4.78, 5) is 14.8. The van der Waals surface area contributed by atoms with E-state index in [0.29, 0.717) is 41.9 Å². The lowest BCUT2D eigenvalue weighted by Crippen LogP contribution is -2.40. The van der Waals surface area contributed by atoms with Crippen molar-refractivity contribution in [2.75, 3.05) is 32.0 Å². The molecule has 0 saturated carbocycles. The molecule has 4 nitrogen and oxygen atoms in total. The molecule has 1 aromatic heterocycles. The van der Waals surface area contributed by atoms with Crippen LogP contribution < -0.4 is 5.73 Å². The van der Waals surface area contributed by atoms with Gasteiger partial charge in [-0.25, -0.2) is 0 Å². The summed E-state index contributed by atoms with van der Waals surface area (Å²) in [6, 6.07) is 5.51. The maximum atomic E-state index is 12.4. The number of anilines is 1. The molecule has 3 rings (SSSR count). The van der Waals surface area contributed by atoms with Gasteiger partial charge in [-0.1, -0.05) is 11.6 Å². The molecular formula is C13H13ClN2O2S. The highest BCUT2D eigenvalue weighted by molar-refractivity contribution is 7.21. The van der Waals surface area contributed by atoms with E-state index in [4.69, 9.17) is 22.1 Å². The van der Waals surface area contributed by atoms with Crippen LogP contribution in [0.1, 0.15) is 9.67 Å². The van der Waals surface area contributed by atoms with Crippen LogP contribution in [-0.4, -0.2) is 37.1 Å². The normalized spacial score (nSPS) is 15.9. The Labute approximate surface area is 119 Å². The monoisotopic (exact) mass is 296 g/mol. The van der Waals surface area contributed by atoms with Crippen molar-refractivity contribution < 1.29 is 9.53 Å². The van der Waals surface area contributed by atoms with Crippen LogP contribution in [0.2, 0.25) is 5.02 Å². The largest absolute Gasteiger partial charge is 0.397 e. The molecule has 19 heavy (non-hydrogen) atoms. The maximum Gasteiger partial charge on any atom is 0.266 e. The molecule has 1 saturated heterocycles. The average Bonchev–Trinajstić information content (AvgIpc) is 2.76. The molecule has 2 heterocycles. The highest BCUT2D eigenvalue weighted by atomic mass is 35.5. The first-order valence-corrected chi connectivity index (χ1v) is 7.21. The number of rotatable bonds is 1. The number of carbonyl (C=O) groups excluding carboxylic acids is 1. The van der Waals surface area contributed by atoms with Crippen molar-refractivity contribution in [3.05, 3.63) is 28.1 Å². The Morgan fingerprint density at radius 2 is 2.11 bits per heavy atom. The molecule has 6 heteroatoms. The van der Waals surface area contributed by atoms with Crippen LogP contribution in [0.4, 0.5) is 5.69 Å². The van der Waals surface area contributed by atoms with Crippen molar-refractivity contribution in [2.24, 2.45) is 0 Å².